The fraction of sp³-hybridized carbons (Fsp3) is 0.261. The van der Waals surface area contributed by atoms with Gasteiger partial charge in [0, 0.05) is 11.1 Å². The minimum Gasteiger partial charge on any atom is -0.493 e. The number of rotatable bonds is 8. The highest BCUT2D eigenvalue weighted by molar-refractivity contribution is 14.1. The number of halogens is 2. The highest BCUT2D eigenvalue weighted by atomic mass is 127. The van der Waals surface area contributed by atoms with E-state index in [9.17, 15) is 14.4 Å². The lowest BCUT2D eigenvalue weighted by Crippen LogP contribution is -2.27. The van der Waals surface area contributed by atoms with Crippen molar-refractivity contribution in [2.45, 2.75) is 13.5 Å². The predicted molar refractivity (Wildman–Crippen MR) is 137 cm³/mol. The van der Waals surface area contributed by atoms with Gasteiger partial charge < -0.3 is 23.7 Å². The molecule has 2 aromatic rings. The zero-order chi connectivity index (χ0) is 25.1. The Balaban J connectivity index is 1.53. The molecule has 0 spiro atoms. The highest BCUT2D eigenvalue weighted by Crippen LogP contribution is 2.40. The zero-order valence-corrected chi connectivity index (χ0v) is 22.3. The maximum Gasteiger partial charge on any atom is 0.344 e. The van der Waals surface area contributed by atoms with Gasteiger partial charge in [0.05, 0.1) is 28.7 Å². The van der Waals surface area contributed by atoms with Crippen LogP contribution in [0.2, 0.25) is 5.02 Å². The molecule has 1 fully saturated rings. The Morgan fingerprint density at radius 2 is 1.97 bits per heavy atom. The molecule has 0 N–H and O–H groups in total. The van der Waals surface area contributed by atoms with Gasteiger partial charge in [-0.2, -0.15) is 0 Å². The number of hydrogen-bond donors (Lipinski definition) is 0. The van der Waals surface area contributed by atoms with E-state index < -0.39 is 17.1 Å². The van der Waals surface area contributed by atoms with Crippen molar-refractivity contribution in [3.63, 3.8) is 0 Å². The summed E-state index contributed by atoms with van der Waals surface area (Å²) in [6.45, 7) is 1.79. The molecule has 184 valence electrons. The van der Waals surface area contributed by atoms with Gasteiger partial charge in [-0.1, -0.05) is 11.6 Å². The summed E-state index contributed by atoms with van der Waals surface area (Å²) in [6, 6.07) is 6.69. The lowest BCUT2D eigenvalue weighted by molar-refractivity contribution is -0.145. The molecule has 2 aliphatic heterocycles. The van der Waals surface area contributed by atoms with Gasteiger partial charge >= 0.3 is 5.97 Å². The largest absolute Gasteiger partial charge is 0.493 e. The number of imide groups is 1. The monoisotopic (exact) mass is 631 g/mol. The molecule has 0 bridgehead atoms. The number of hydrogen-bond acceptors (Lipinski definition) is 9. The van der Waals surface area contributed by atoms with Crippen molar-refractivity contribution in [1.29, 1.82) is 0 Å². The summed E-state index contributed by atoms with van der Waals surface area (Å²) in [6.07, 6.45) is 1.60. The van der Waals surface area contributed by atoms with Crippen LogP contribution in [0, 0.1) is 3.57 Å². The second-order valence-electron chi connectivity index (χ2n) is 7.19. The van der Waals surface area contributed by atoms with Crippen LogP contribution in [0.15, 0.2) is 29.2 Å². The van der Waals surface area contributed by atoms with Crippen LogP contribution >= 0.6 is 46.0 Å². The molecule has 4 rings (SSSR count). The van der Waals surface area contributed by atoms with Gasteiger partial charge in [0.25, 0.3) is 11.1 Å². The Hall–Kier alpha value is -2.64. The summed E-state index contributed by atoms with van der Waals surface area (Å²) < 4.78 is 27.2. The summed E-state index contributed by atoms with van der Waals surface area (Å²) in [5.41, 5.74) is 1.19. The maximum absolute atomic E-state index is 13.0. The summed E-state index contributed by atoms with van der Waals surface area (Å²) in [5.74, 6) is 0.851. The number of ether oxygens (including phenoxy) is 5. The first-order chi connectivity index (χ1) is 16.8. The van der Waals surface area contributed by atoms with Crippen LogP contribution in [0.25, 0.3) is 6.08 Å². The zero-order valence-electron chi connectivity index (χ0n) is 18.6. The molecule has 2 heterocycles. The number of esters is 1. The minimum absolute atomic E-state index is 0.00102. The van der Waals surface area contributed by atoms with E-state index in [1.807, 2.05) is 22.6 Å². The van der Waals surface area contributed by atoms with E-state index in [0.29, 0.717) is 42.7 Å². The summed E-state index contributed by atoms with van der Waals surface area (Å²) >= 11 is 9.19. The van der Waals surface area contributed by atoms with E-state index in [-0.39, 0.29) is 31.5 Å². The van der Waals surface area contributed by atoms with Gasteiger partial charge in [-0.3, -0.25) is 14.5 Å². The molecule has 2 amide bonds. The number of nitrogens with zero attached hydrogens (tertiary/aromatic N) is 1. The van der Waals surface area contributed by atoms with Crippen molar-refractivity contribution in [3.05, 3.63) is 48.9 Å². The molecular formula is C23H19ClINO8S. The van der Waals surface area contributed by atoms with E-state index in [2.05, 4.69) is 0 Å². The summed E-state index contributed by atoms with van der Waals surface area (Å²) in [5, 5.41) is -0.0407. The van der Waals surface area contributed by atoms with Crippen molar-refractivity contribution in [3.8, 4) is 23.0 Å². The second-order valence-corrected chi connectivity index (χ2v) is 9.76. The van der Waals surface area contributed by atoms with E-state index in [0.717, 1.165) is 16.7 Å². The smallest absolute Gasteiger partial charge is 0.344 e. The topological polar surface area (TPSA) is 101 Å². The molecule has 12 heteroatoms. The number of benzene rings is 2. The van der Waals surface area contributed by atoms with Crippen LogP contribution in [0.4, 0.5) is 4.79 Å². The van der Waals surface area contributed by atoms with Gasteiger partial charge in [-0.15, -0.1) is 0 Å². The van der Waals surface area contributed by atoms with Crippen molar-refractivity contribution in [1.82, 2.24) is 4.90 Å². The third-order valence-corrected chi connectivity index (χ3v) is 6.99. The Kier molecular flexibility index (Phi) is 7.97. The number of carbonyl (C=O) groups excluding carboxylic acids is 3. The number of methoxy groups -OCH3 is 1. The number of fused-ring (bicyclic) bond motifs is 1. The van der Waals surface area contributed by atoms with Crippen molar-refractivity contribution in [2.75, 3.05) is 27.1 Å². The standard InChI is InChI=1S/C23H19ClINO8S/c1-3-31-20(27)10-32-21-15(25)4-12(5-18(21)30-2)6-19-22(28)26(23(29)35-19)9-13-7-16-17(8-14(13)24)34-11-33-16/h4-8H,3,9-11H2,1-2H3/b19-6-. The van der Waals surface area contributed by atoms with Gasteiger partial charge in [0.1, 0.15) is 0 Å². The van der Waals surface area contributed by atoms with E-state index >= 15 is 0 Å². The fourth-order valence-electron chi connectivity index (χ4n) is 3.34. The summed E-state index contributed by atoms with van der Waals surface area (Å²) in [7, 11) is 1.47. The molecule has 0 unspecified atom stereocenters. The van der Waals surface area contributed by atoms with Crippen molar-refractivity contribution in [2.24, 2.45) is 0 Å². The van der Waals surface area contributed by atoms with Crippen LogP contribution in [0.1, 0.15) is 18.1 Å². The van der Waals surface area contributed by atoms with E-state index in [1.54, 1.807) is 37.3 Å². The average molecular weight is 632 g/mol. The normalized spacial score (nSPS) is 15.7. The molecule has 0 radical (unpaired) electrons. The molecular weight excluding hydrogens is 613 g/mol. The Bertz CT molecular complexity index is 1230. The molecule has 0 saturated carbocycles. The first-order valence-corrected chi connectivity index (χ1v) is 12.6. The lowest BCUT2D eigenvalue weighted by atomic mass is 10.1. The van der Waals surface area contributed by atoms with Crippen molar-refractivity contribution >= 4 is 69.1 Å². The van der Waals surface area contributed by atoms with Gasteiger partial charge in [0.15, 0.2) is 29.6 Å². The van der Waals surface area contributed by atoms with Crippen LogP contribution < -0.4 is 18.9 Å². The first kappa shape index (κ1) is 25.5. The SMILES string of the molecule is CCOC(=O)COc1c(I)cc(/C=C2\SC(=O)N(Cc3cc4c(cc3Cl)OCO4)C2=O)cc1OC. The third kappa shape index (κ3) is 5.62. The Morgan fingerprint density at radius 1 is 1.23 bits per heavy atom. The lowest BCUT2D eigenvalue weighted by Gasteiger charge is -2.14. The quantitative estimate of drug-likeness (QED) is 0.230. The number of thioether (sulfide) groups is 1. The molecule has 0 atom stereocenters. The van der Waals surface area contributed by atoms with E-state index in [4.69, 9.17) is 35.3 Å². The van der Waals surface area contributed by atoms with Crippen LogP contribution in [0.3, 0.4) is 0 Å². The van der Waals surface area contributed by atoms with Crippen LogP contribution in [-0.2, 0) is 20.9 Å². The molecule has 2 aliphatic rings. The fourth-order valence-corrected chi connectivity index (χ4v) is 5.17. The molecule has 0 aliphatic carbocycles. The molecule has 9 nitrogen and oxygen atoms in total. The molecule has 1 saturated heterocycles. The molecule has 0 aromatic heterocycles. The number of carbonyl (C=O) groups is 3. The third-order valence-electron chi connectivity index (χ3n) is 4.93. The summed E-state index contributed by atoms with van der Waals surface area (Å²) in [4.78, 5) is 38.7. The predicted octanol–water partition coefficient (Wildman–Crippen LogP) is 4.86. The maximum atomic E-state index is 13.0. The highest BCUT2D eigenvalue weighted by Gasteiger charge is 2.36. The molecule has 35 heavy (non-hydrogen) atoms. The second kappa shape index (κ2) is 11.0. The van der Waals surface area contributed by atoms with Crippen LogP contribution in [0.5, 0.6) is 23.0 Å². The molecule has 2 aromatic carbocycles. The number of amides is 2. The average Bonchev–Trinajstić information content (AvgIpc) is 3.37. The van der Waals surface area contributed by atoms with Crippen molar-refractivity contribution < 1.29 is 38.1 Å². The minimum atomic E-state index is -0.495. The van der Waals surface area contributed by atoms with Gasteiger partial charge in [0.2, 0.25) is 6.79 Å². The Morgan fingerprint density at radius 3 is 2.69 bits per heavy atom. The van der Waals surface area contributed by atoms with E-state index in [1.165, 1.54) is 7.11 Å². The first-order valence-electron chi connectivity index (χ1n) is 10.3. The Labute approximate surface area is 223 Å². The van der Waals surface area contributed by atoms with Gasteiger partial charge in [-0.05, 0) is 76.7 Å². The van der Waals surface area contributed by atoms with Crippen LogP contribution in [-0.4, -0.2) is 49.1 Å². The van der Waals surface area contributed by atoms with Gasteiger partial charge in [-0.25, -0.2) is 4.79 Å².